The van der Waals surface area contributed by atoms with Gasteiger partial charge in [-0.3, -0.25) is 4.79 Å². The van der Waals surface area contributed by atoms with Crippen LogP contribution in [0.25, 0.3) is 0 Å². The Bertz CT molecular complexity index is 528. The smallest absolute Gasteiger partial charge is 0.326 e. The van der Waals surface area contributed by atoms with Crippen LogP contribution in [0.4, 0.5) is 0 Å². The number of hydrogen-bond donors (Lipinski definition) is 2. The van der Waals surface area contributed by atoms with Crippen molar-refractivity contribution >= 4 is 27.8 Å². The Hall–Kier alpha value is -1.30. The summed E-state index contributed by atoms with van der Waals surface area (Å²) in [5, 5.41) is 9.42. The molecule has 3 unspecified atom stereocenters. The van der Waals surface area contributed by atoms with Gasteiger partial charge in [-0.25, -0.2) is 4.79 Å². The number of carboxylic acids is 1. The third-order valence-electron chi connectivity index (χ3n) is 4.28. The van der Waals surface area contributed by atoms with Crippen LogP contribution in [-0.4, -0.2) is 39.5 Å². The zero-order chi connectivity index (χ0) is 13.6. The fourth-order valence-corrected chi connectivity index (χ4v) is 3.82. The highest BCUT2D eigenvalue weighted by Gasteiger charge is 2.49. The molecule has 1 aromatic rings. The van der Waals surface area contributed by atoms with Crippen LogP contribution in [0.5, 0.6) is 0 Å². The number of carbonyl (C=O) groups excluding carboxylic acids is 1. The first-order valence-corrected chi connectivity index (χ1v) is 7.25. The van der Waals surface area contributed by atoms with Crippen LogP contribution in [0.2, 0.25) is 0 Å². The molecule has 5 nitrogen and oxygen atoms in total. The summed E-state index contributed by atoms with van der Waals surface area (Å²) in [6.07, 6.45) is 4.71. The van der Waals surface area contributed by atoms with Crippen molar-refractivity contribution in [3.05, 3.63) is 22.4 Å². The number of aromatic nitrogens is 1. The second-order valence-electron chi connectivity index (χ2n) is 5.33. The van der Waals surface area contributed by atoms with E-state index in [0.29, 0.717) is 18.2 Å². The third kappa shape index (κ3) is 2.08. The van der Waals surface area contributed by atoms with Gasteiger partial charge in [0.1, 0.15) is 11.7 Å². The van der Waals surface area contributed by atoms with Crippen LogP contribution in [0.1, 0.15) is 29.8 Å². The van der Waals surface area contributed by atoms with Crippen molar-refractivity contribution in [2.75, 3.05) is 6.54 Å². The molecule has 1 amide bonds. The van der Waals surface area contributed by atoms with E-state index in [1.807, 2.05) is 0 Å². The Morgan fingerprint density at radius 3 is 2.84 bits per heavy atom. The lowest BCUT2D eigenvalue weighted by Crippen LogP contribution is -2.43. The Labute approximate surface area is 119 Å². The summed E-state index contributed by atoms with van der Waals surface area (Å²) in [6.45, 7) is 0.567. The lowest BCUT2D eigenvalue weighted by Gasteiger charge is -2.23. The highest BCUT2D eigenvalue weighted by atomic mass is 79.9. The van der Waals surface area contributed by atoms with Crippen molar-refractivity contribution in [1.82, 2.24) is 9.88 Å². The highest BCUT2D eigenvalue weighted by Crippen LogP contribution is 2.42. The van der Waals surface area contributed by atoms with Crippen molar-refractivity contribution < 1.29 is 14.7 Å². The molecular weight excluding hydrogens is 312 g/mol. The van der Waals surface area contributed by atoms with Crippen molar-refractivity contribution in [2.45, 2.75) is 25.3 Å². The lowest BCUT2D eigenvalue weighted by molar-refractivity contribution is -0.142. The number of H-pyrrole nitrogens is 1. The Morgan fingerprint density at radius 1 is 1.42 bits per heavy atom. The molecule has 2 N–H and O–H groups in total. The fraction of sp³-hybridized carbons (Fsp3) is 0.538. The highest BCUT2D eigenvalue weighted by molar-refractivity contribution is 9.10. The van der Waals surface area contributed by atoms with Gasteiger partial charge < -0.3 is 15.0 Å². The lowest BCUT2D eigenvalue weighted by atomic mass is 9.94. The summed E-state index contributed by atoms with van der Waals surface area (Å²) < 4.78 is 0.794. The molecule has 1 aliphatic heterocycles. The number of rotatable bonds is 2. The Kier molecular flexibility index (Phi) is 3.12. The normalized spacial score (nSPS) is 29.5. The molecule has 102 valence electrons. The van der Waals surface area contributed by atoms with Crippen LogP contribution in [0.3, 0.4) is 0 Å². The van der Waals surface area contributed by atoms with Crippen LogP contribution in [0, 0.1) is 11.8 Å². The van der Waals surface area contributed by atoms with Crippen LogP contribution in [0.15, 0.2) is 16.7 Å². The van der Waals surface area contributed by atoms with Gasteiger partial charge in [-0.1, -0.05) is 6.42 Å². The number of likely N-dealkylation sites (tertiary alicyclic amines) is 1. The zero-order valence-corrected chi connectivity index (χ0v) is 11.9. The maximum atomic E-state index is 12.4. The van der Waals surface area contributed by atoms with E-state index < -0.39 is 12.0 Å². The standard InChI is InChI=1S/C13H15BrN2O3/c14-8-4-10(15-5-8)12(17)16-6-7-2-1-3-9(7)11(16)13(18)19/h4-5,7,9,11,15H,1-3,6H2,(H,18,19). The number of aliphatic carboxylic acids is 1. The van der Waals surface area contributed by atoms with E-state index in [9.17, 15) is 14.7 Å². The predicted molar refractivity (Wildman–Crippen MR) is 71.8 cm³/mol. The number of fused-ring (bicyclic) bond motifs is 1. The largest absolute Gasteiger partial charge is 0.480 e. The molecule has 1 aromatic heterocycles. The average Bonchev–Trinajstić information content (AvgIpc) is 3.00. The molecule has 6 heteroatoms. The van der Waals surface area contributed by atoms with Gasteiger partial charge >= 0.3 is 5.97 Å². The molecule has 0 aromatic carbocycles. The number of carboxylic acid groups (broad SMARTS) is 1. The number of amides is 1. The first kappa shape index (κ1) is 12.7. The van der Waals surface area contributed by atoms with E-state index in [-0.39, 0.29) is 11.8 Å². The second kappa shape index (κ2) is 4.67. The minimum absolute atomic E-state index is 0.125. The van der Waals surface area contributed by atoms with Gasteiger partial charge in [0.2, 0.25) is 0 Å². The number of aromatic amines is 1. The molecular formula is C13H15BrN2O3. The fourth-order valence-electron chi connectivity index (χ4n) is 3.48. The average molecular weight is 327 g/mol. The monoisotopic (exact) mass is 326 g/mol. The van der Waals surface area contributed by atoms with Gasteiger partial charge in [0.05, 0.1) is 0 Å². The van der Waals surface area contributed by atoms with E-state index in [1.54, 1.807) is 12.3 Å². The first-order chi connectivity index (χ1) is 9.08. The Balaban J connectivity index is 1.87. The topological polar surface area (TPSA) is 73.4 Å². The van der Waals surface area contributed by atoms with Gasteiger partial charge in [0, 0.05) is 17.2 Å². The maximum absolute atomic E-state index is 12.4. The molecule has 0 radical (unpaired) electrons. The van der Waals surface area contributed by atoms with Gasteiger partial charge in [0.25, 0.3) is 5.91 Å². The molecule has 1 saturated heterocycles. The molecule has 2 fully saturated rings. The molecule has 1 saturated carbocycles. The van der Waals surface area contributed by atoms with Gasteiger partial charge in [-0.15, -0.1) is 0 Å². The van der Waals surface area contributed by atoms with Crippen molar-refractivity contribution in [3.8, 4) is 0 Å². The summed E-state index contributed by atoms with van der Waals surface area (Å²) in [6, 6.07) is 1.03. The molecule has 1 aliphatic carbocycles. The second-order valence-corrected chi connectivity index (χ2v) is 6.24. The molecule has 0 spiro atoms. The molecule has 19 heavy (non-hydrogen) atoms. The van der Waals surface area contributed by atoms with Crippen LogP contribution < -0.4 is 0 Å². The number of halogens is 1. The summed E-state index contributed by atoms with van der Waals surface area (Å²) in [4.78, 5) is 28.3. The minimum atomic E-state index is -0.881. The summed E-state index contributed by atoms with van der Waals surface area (Å²) >= 11 is 3.28. The number of carbonyl (C=O) groups is 2. The van der Waals surface area contributed by atoms with E-state index in [1.165, 1.54) is 4.90 Å². The summed E-state index contributed by atoms with van der Waals surface area (Å²) in [5.74, 6) is -0.621. The van der Waals surface area contributed by atoms with Crippen LogP contribution >= 0.6 is 15.9 Å². The first-order valence-electron chi connectivity index (χ1n) is 6.45. The van der Waals surface area contributed by atoms with Gasteiger partial charge in [-0.05, 0) is 46.7 Å². The van der Waals surface area contributed by atoms with Gasteiger partial charge in [0.15, 0.2) is 0 Å². The van der Waals surface area contributed by atoms with E-state index in [0.717, 1.165) is 23.7 Å². The van der Waals surface area contributed by atoms with Crippen molar-refractivity contribution in [1.29, 1.82) is 0 Å². The number of nitrogens with zero attached hydrogens (tertiary/aromatic N) is 1. The van der Waals surface area contributed by atoms with E-state index >= 15 is 0 Å². The van der Waals surface area contributed by atoms with Gasteiger partial charge in [-0.2, -0.15) is 0 Å². The summed E-state index contributed by atoms with van der Waals surface area (Å²) in [5.41, 5.74) is 0.443. The minimum Gasteiger partial charge on any atom is -0.480 e. The Morgan fingerprint density at radius 2 is 2.21 bits per heavy atom. The molecule has 3 rings (SSSR count). The zero-order valence-electron chi connectivity index (χ0n) is 10.3. The maximum Gasteiger partial charge on any atom is 0.326 e. The molecule has 3 atom stereocenters. The predicted octanol–water partition coefficient (Wildman–Crippen LogP) is 2.10. The SMILES string of the molecule is O=C(O)C1C2CCCC2CN1C(=O)c1cc(Br)c[nH]1. The third-order valence-corrected chi connectivity index (χ3v) is 4.74. The molecule has 0 bridgehead atoms. The van der Waals surface area contributed by atoms with Crippen molar-refractivity contribution in [2.24, 2.45) is 11.8 Å². The molecule has 2 aliphatic rings. The van der Waals surface area contributed by atoms with Crippen molar-refractivity contribution in [3.63, 3.8) is 0 Å². The number of nitrogens with one attached hydrogen (secondary N) is 1. The quantitative estimate of drug-likeness (QED) is 0.874. The van der Waals surface area contributed by atoms with E-state index in [4.69, 9.17) is 0 Å². The van der Waals surface area contributed by atoms with Crippen LogP contribution in [-0.2, 0) is 4.79 Å². The number of hydrogen-bond acceptors (Lipinski definition) is 2. The molecule has 2 heterocycles. The summed E-state index contributed by atoms with van der Waals surface area (Å²) in [7, 11) is 0. The van der Waals surface area contributed by atoms with E-state index in [2.05, 4.69) is 20.9 Å².